The Morgan fingerprint density at radius 1 is 1.20 bits per heavy atom. The summed E-state index contributed by atoms with van der Waals surface area (Å²) in [7, 11) is 0. The minimum atomic E-state index is -0.343. The maximum absolute atomic E-state index is 12.9. The van der Waals surface area contributed by atoms with Crippen LogP contribution >= 0.6 is 0 Å². The van der Waals surface area contributed by atoms with Crippen molar-refractivity contribution in [2.45, 2.75) is 58.3 Å². The summed E-state index contributed by atoms with van der Waals surface area (Å²) in [6.07, 6.45) is 10.1. The van der Waals surface area contributed by atoms with Crippen LogP contribution < -0.4 is 10.2 Å². The third-order valence-electron chi connectivity index (χ3n) is 8.22. The molecule has 162 valence electrons. The predicted octanol–water partition coefficient (Wildman–Crippen LogP) is 4.78. The van der Waals surface area contributed by atoms with Crippen molar-refractivity contribution in [1.82, 2.24) is 5.32 Å². The van der Waals surface area contributed by atoms with Crippen molar-refractivity contribution in [3.05, 3.63) is 33.9 Å². The van der Waals surface area contributed by atoms with E-state index in [9.17, 15) is 14.9 Å². The van der Waals surface area contributed by atoms with E-state index >= 15 is 0 Å². The SMILES string of the molecule is C[C@H]1CCCN(c2ccc(C(=O)NCC34CC5CC(CC(C5)C3)C4)cc2[N+](=O)[O-])C1. The van der Waals surface area contributed by atoms with Crippen LogP contribution in [-0.2, 0) is 0 Å². The number of piperidine rings is 1. The van der Waals surface area contributed by atoms with Crippen LogP contribution in [0.1, 0.15) is 68.6 Å². The Bertz CT molecular complexity index is 817. The molecular weight excluding hydrogens is 378 g/mol. The molecule has 1 aromatic rings. The fourth-order valence-electron chi connectivity index (χ4n) is 7.36. The van der Waals surface area contributed by atoms with Gasteiger partial charge in [-0.05, 0) is 92.6 Å². The van der Waals surface area contributed by atoms with E-state index in [0.29, 0.717) is 23.7 Å². The molecule has 4 bridgehead atoms. The lowest BCUT2D eigenvalue weighted by Gasteiger charge is -2.56. The maximum atomic E-state index is 12.9. The molecule has 5 fully saturated rings. The average Bonchev–Trinajstić information content (AvgIpc) is 2.70. The molecule has 0 unspecified atom stereocenters. The van der Waals surface area contributed by atoms with Crippen molar-refractivity contribution in [3.63, 3.8) is 0 Å². The van der Waals surface area contributed by atoms with Gasteiger partial charge in [-0.15, -0.1) is 0 Å². The zero-order chi connectivity index (χ0) is 20.9. The van der Waals surface area contributed by atoms with Crippen molar-refractivity contribution in [2.24, 2.45) is 29.1 Å². The molecule has 6 rings (SSSR count). The molecule has 1 atom stereocenters. The number of nitrogens with zero attached hydrogens (tertiary/aromatic N) is 2. The highest BCUT2D eigenvalue weighted by atomic mass is 16.6. The number of benzene rings is 1. The number of hydrogen-bond donors (Lipinski definition) is 1. The van der Waals surface area contributed by atoms with E-state index in [4.69, 9.17) is 0 Å². The number of hydrogen-bond acceptors (Lipinski definition) is 4. The Morgan fingerprint density at radius 2 is 1.87 bits per heavy atom. The first-order valence-corrected chi connectivity index (χ1v) is 11.7. The zero-order valence-electron chi connectivity index (χ0n) is 17.9. The highest BCUT2D eigenvalue weighted by Crippen LogP contribution is 2.59. The third kappa shape index (κ3) is 3.69. The number of anilines is 1. The quantitative estimate of drug-likeness (QED) is 0.559. The lowest BCUT2D eigenvalue weighted by atomic mass is 9.49. The molecule has 6 heteroatoms. The number of rotatable bonds is 5. The first-order valence-electron chi connectivity index (χ1n) is 11.7. The summed E-state index contributed by atoms with van der Waals surface area (Å²) in [6, 6.07) is 5.01. The largest absolute Gasteiger partial charge is 0.366 e. The minimum Gasteiger partial charge on any atom is -0.366 e. The van der Waals surface area contributed by atoms with Gasteiger partial charge >= 0.3 is 0 Å². The van der Waals surface area contributed by atoms with Gasteiger partial charge in [0.05, 0.1) is 4.92 Å². The normalized spacial score (nSPS) is 34.8. The first kappa shape index (κ1) is 19.8. The van der Waals surface area contributed by atoms with Crippen LogP contribution in [0.15, 0.2) is 18.2 Å². The van der Waals surface area contributed by atoms with Crippen LogP contribution in [0, 0.1) is 39.2 Å². The Labute approximate surface area is 178 Å². The van der Waals surface area contributed by atoms with Crippen LogP contribution in [0.2, 0.25) is 0 Å². The molecule has 4 aliphatic carbocycles. The van der Waals surface area contributed by atoms with Gasteiger partial charge in [0.2, 0.25) is 0 Å². The average molecular weight is 412 g/mol. The van der Waals surface area contributed by atoms with Gasteiger partial charge in [0, 0.05) is 31.3 Å². The highest BCUT2D eigenvalue weighted by molar-refractivity contribution is 5.95. The molecule has 5 aliphatic rings. The lowest BCUT2D eigenvalue weighted by Crippen LogP contribution is -2.51. The summed E-state index contributed by atoms with van der Waals surface area (Å²) >= 11 is 0. The van der Waals surface area contributed by atoms with E-state index in [-0.39, 0.29) is 21.9 Å². The molecule has 1 saturated heterocycles. The molecule has 1 N–H and O–H groups in total. The molecule has 6 nitrogen and oxygen atoms in total. The molecule has 1 aliphatic heterocycles. The zero-order valence-corrected chi connectivity index (χ0v) is 17.9. The molecule has 0 aromatic heterocycles. The van der Waals surface area contributed by atoms with Gasteiger partial charge < -0.3 is 10.2 Å². The van der Waals surface area contributed by atoms with Gasteiger partial charge in [-0.1, -0.05) is 6.92 Å². The fourth-order valence-corrected chi connectivity index (χ4v) is 7.36. The van der Waals surface area contributed by atoms with Crippen LogP contribution in [0.4, 0.5) is 11.4 Å². The number of amides is 1. The van der Waals surface area contributed by atoms with Crippen molar-refractivity contribution < 1.29 is 9.72 Å². The smallest absolute Gasteiger partial charge is 0.293 e. The number of nitro groups is 1. The molecule has 1 aromatic carbocycles. The Morgan fingerprint density at radius 3 is 2.47 bits per heavy atom. The highest BCUT2D eigenvalue weighted by Gasteiger charge is 2.50. The second-order valence-corrected chi connectivity index (χ2v) is 10.8. The van der Waals surface area contributed by atoms with Gasteiger partial charge in [0.25, 0.3) is 11.6 Å². The third-order valence-corrected chi connectivity index (χ3v) is 8.22. The van der Waals surface area contributed by atoms with E-state index in [1.807, 2.05) is 0 Å². The van der Waals surface area contributed by atoms with Gasteiger partial charge in [-0.2, -0.15) is 0 Å². The lowest BCUT2D eigenvalue weighted by molar-refractivity contribution is -0.384. The Kier molecular flexibility index (Phi) is 4.98. The van der Waals surface area contributed by atoms with Crippen molar-refractivity contribution in [1.29, 1.82) is 0 Å². The van der Waals surface area contributed by atoms with Crippen molar-refractivity contribution >= 4 is 17.3 Å². The predicted molar refractivity (Wildman–Crippen MR) is 117 cm³/mol. The molecule has 1 heterocycles. The van der Waals surface area contributed by atoms with E-state index in [1.165, 1.54) is 44.6 Å². The van der Waals surface area contributed by atoms with Crippen LogP contribution in [-0.4, -0.2) is 30.5 Å². The second-order valence-electron chi connectivity index (χ2n) is 10.8. The number of carbonyl (C=O) groups excluding carboxylic acids is 1. The van der Waals surface area contributed by atoms with E-state index in [0.717, 1.165) is 43.7 Å². The molecule has 1 amide bonds. The Hall–Kier alpha value is -2.11. The number of nitro benzene ring substituents is 1. The van der Waals surface area contributed by atoms with E-state index in [2.05, 4.69) is 17.1 Å². The van der Waals surface area contributed by atoms with Gasteiger partial charge in [0.1, 0.15) is 5.69 Å². The minimum absolute atomic E-state index is 0.0477. The van der Waals surface area contributed by atoms with E-state index in [1.54, 1.807) is 12.1 Å². The van der Waals surface area contributed by atoms with Crippen LogP contribution in [0.3, 0.4) is 0 Å². The molecular formula is C24H33N3O3. The first-order chi connectivity index (χ1) is 14.4. The topological polar surface area (TPSA) is 75.5 Å². The summed E-state index contributed by atoms with van der Waals surface area (Å²) in [5, 5.41) is 14.9. The summed E-state index contributed by atoms with van der Waals surface area (Å²) in [4.78, 5) is 26.4. The van der Waals surface area contributed by atoms with Crippen LogP contribution in [0.25, 0.3) is 0 Å². The number of nitrogens with one attached hydrogen (secondary N) is 1. The standard InChI is InChI=1S/C24H33N3O3/c1-16-3-2-6-26(14-16)21-5-4-20(10-22(21)27(29)30)23(28)25-15-24-11-17-7-18(12-24)9-19(8-17)13-24/h4-5,10,16-19H,2-3,6-9,11-15H2,1H3,(H,25,28)/t16-,17?,18?,19?,24?/m0/s1. The summed E-state index contributed by atoms with van der Waals surface area (Å²) in [6.45, 7) is 4.57. The molecule has 4 saturated carbocycles. The summed E-state index contributed by atoms with van der Waals surface area (Å²) in [5.41, 5.74) is 1.36. The maximum Gasteiger partial charge on any atom is 0.293 e. The van der Waals surface area contributed by atoms with Gasteiger partial charge in [-0.25, -0.2) is 0 Å². The summed E-state index contributed by atoms with van der Waals surface area (Å²) < 4.78 is 0. The molecule has 0 radical (unpaired) electrons. The fraction of sp³-hybridized carbons (Fsp3) is 0.708. The number of carbonyl (C=O) groups is 1. The van der Waals surface area contributed by atoms with Gasteiger partial charge in [0.15, 0.2) is 0 Å². The van der Waals surface area contributed by atoms with E-state index < -0.39 is 0 Å². The Balaban J connectivity index is 1.30. The van der Waals surface area contributed by atoms with Crippen molar-refractivity contribution in [3.8, 4) is 0 Å². The van der Waals surface area contributed by atoms with Gasteiger partial charge in [-0.3, -0.25) is 14.9 Å². The monoisotopic (exact) mass is 411 g/mol. The molecule has 0 spiro atoms. The van der Waals surface area contributed by atoms with Crippen molar-refractivity contribution in [2.75, 3.05) is 24.5 Å². The summed E-state index contributed by atoms with van der Waals surface area (Å²) in [5.74, 6) is 2.90. The second kappa shape index (κ2) is 7.54. The molecule has 30 heavy (non-hydrogen) atoms. The van der Waals surface area contributed by atoms with Crippen LogP contribution in [0.5, 0.6) is 0 Å².